The molecule has 0 N–H and O–H groups in total. The van der Waals surface area contributed by atoms with Crippen molar-refractivity contribution in [2.24, 2.45) is 0 Å². The fraction of sp³-hybridized carbons (Fsp3) is 0.200. The molecule has 0 radical (unpaired) electrons. The van der Waals surface area contributed by atoms with Crippen LogP contribution in [0.15, 0.2) is 104 Å². The number of hydrogen-bond donors (Lipinski definition) is 0. The van der Waals surface area contributed by atoms with Crippen LogP contribution in [0.25, 0.3) is 11.1 Å². The Kier molecular flexibility index (Phi) is 13.1. The number of benzene rings is 3. The van der Waals surface area contributed by atoms with Gasteiger partial charge in [0.1, 0.15) is 11.5 Å². The first kappa shape index (κ1) is 33.9. The highest BCUT2D eigenvalue weighted by Crippen LogP contribution is 2.30. The fourth-order valence-corrected chi connectivity index (χ4v) is 3.60. The van der Waals surface area contributed by atoms with Crippen LogP contribution in [0.5, 0.6) is 23.0 Å². The third-order valence-electron chi connectivity index (χ3n) is 5.91. The highest BCUT2D eigenvalue weighted by atomic mass is 16.6. The third kappa shape index (κ3) is 11.2. The molecule has 0 unspecified atom stereocenters. The zero-order valence-electron chi connectivity index (χ0n) is 25.0. The first-order valence-corrected chi connectivity index (χ1v) is 14.0. The van der Waals surface area contributed by atoms with Crippen LogP contribution in [0.4, 0.5) is 0 Å². The van der Waals surface area contributed by atoms with E-state index < -0.39 is 23.9 Å². The molecule has 0 aliphatic heterocycles. The highest BCUT2D eigenvalue weighted by molar-refractivity contribution is 5.92. The molecule has 234 valence electrons. The average Bonchev–Trinajstić information content (AvgIpc) is 3.05. The van der Waals surface area contributed by atoms with E-state index in [4.69, 9.17) is 28.4 Å². The van der Waals surface area contributed by atoms with Crippen molar-refractivity contribution in [2.45, 2.75) is 19.8 Å². The lowest BCUT2D eigenvalue weighted by Gasteiger charge is -2.14. The minimum absolute atomic E-state index is 0.125. The number of esters is 4. The van der Waals surface area contributed by atoms with Gasteiger partial charge in [0, 0.05) is 30.6 Å². The van der Waals surface area contributed by atoms with Gasteiger partial charge >= 0.3 is 23.9 Å². The topological polar surface area (TPSA) is 124 Å². The van der Waals surface area contributed by atoms with E-state index in [1.807, 2.05) is 12.1 Å². The Bertz CT molecular complexity index is 1520. The Balaban J connectivity index is 1.64. The molecule has 0 aromatic heterocycles. The van der Waals surface area contributed by atoms with Gasteiger partial charge in [-0.25, -0.2) is 19.2 Å². The van der Waals surface area contributed by atoms with Gasteiger partial charge in [0.2, 0.25) is 0 Å². The van der Waals surface area contributed by atoms with Gasteiger partial charge in [-0.2, -0.15) is 0 Å². The SMILES string of the molecule is C=CC(=O)OCCCOc1ccc(C(=O)Oc2ccc(-c3ccc(OC(=O)C(=C)C)cc3)cc2)cc1OCCCOC(=O)C=C. The molecule has 3 rings (SSSR count). The smallest absolute Gasteiger partial charge is 0.343 e. The molecule has 0 atom stereocenters. The molecule has 3 aromatic rings. The van der Waals surface area contributed by atoms with E-state index in [0.717, 1.165) is 23.3 Å². The van der Waals surface area contributed by atoms with Crippen LogP contribution in [-0.4, -0.2) is 50.3 Å². The van der Waals surface area contributed by atoms with Crippen LogP contribution in [-0.2, 0) is 23.9 Å². The van der Waals surface area contributed by atoms with Gasteiger partial charge in [-0.05, 0) is 60.5 Å². The van der Waals surface area contributed by atoms with Gasteiger partial charge in [-0.15, -0.1) is 0 Å². The minimum atomic E-state index is -0.612. The van der Waals surface area contributed by atoms with Crippen LogP contribution in [0.3, 0.4) is 0 Å². The van der Waals surface area contributed by atoms with Crippen LogP contribution >= 0.6 is 0 Å². The molecular formula is C35H34O10. The summed E-state index contributed by atoms with van der Waals surface area (Å²) in [5.74, 6) is -0.771. The summed E-state index contributed by atoms with van der Waals surface area (Å²) in [6, 6.07) is 18.6. The lowest BCUT2D eigenvalue weighted by molar-refractivity contribution is -0.138. The van der Waals surface area contributed by atoms with Crippen LogP contribution in [0.2, 0.25) is 0 Å². The van der Waals surface area contributed by atoms with E-state index in [9.17, 15) is 19.2 Å². The summed E-state index contributed by atoms with van der Waals surface area (Å²) in [6.45, 7) is 12.5. The maximum Gasteiger partial charge on any atom is 0.343 e. The number of carbonyl (C=O) groups excluding carboxylic acids is 4. The maximum absolute atomic E-state index is 13.0. The predicted molar refractivity (Wildman–Crippen MR) is 166 cm³/mol. The quantitative estimate of drug-likeness (QED) is 0.0768. The van der Waals surface area contributed by atoms with Crippen molar-refractivity contribution < 1.29 is 47.6 Å². The molecule has 0 fully saturated rings. The summed E-state index contributed by atoms with van der Waals surface area (Å²) in [7, 11) is 0. The molecule has 3 aromatic carbocycles. The van der Waals surface area contributed by atoms with E-state index >= 15 is 0 Å². The first-order chi connectivity index (χ1) is 21.7. The van der Waals surface area contributed by atoms with Gasteiger partial charge in [0.05, 0.1) is 32.0 Å². The summed E-state index contributed by atoms with van der Waals surface area (Å²) in [5.41, 5.74) is 2.27. The molecule has 0 heterocycles. The van der Waals surface area contributed by atoms with Crippen LogP contribution < -0.4 is 18.9 Å². The van der Waals surface area contributed by atoms with E-state index in [2.05, 4.69) is 19.7 Å². The Labute approximate surface area is 261 Å². The van der Waals surface area contributed by atoms with Crippen molar-refractivity contribution in [1.29, 1.82) is 0 Å². The molecular weight excluding hydrogens is 580 g/mol. The molecule has 0 saturated carbocycles. The second-order valence-electron chi connectivity index (χ2n) is 9.42. The molecule has 0 amide bonds. The van der Waals surface area contributed by atoms with Gasteiger partial charge < -0.3 is 28.4 Å². The molecule has 45 heavy (non-hydrogen) atoms. The summed E-state index contributed by atoms with van der Waals surface area (Å²) < 4.78 is 32.3. The lowest BCUT2D eigenvalue weighted by Crippen LogP contribution is -2.11. The number of carbonyl (C=O) groups is 4. The van der Waals surface area contributed by atoms with Crippen molar-refractivity contribution in [2.75, 3.05) is 26.4 Å². The molecule has 10 heteroatoms. The fourth-order valence-electron chi connectivity index (χ4n) is 3.60. The van der Waals surface area contributed by atoms with Crippen molar-refractivity contribution in [1.82, 2.24) is 0 Å². The standard InChI is InChI=1S/C35H34O10/c1-5-32(36)42-21-7-19-40-30-18-13-27(23-31(30)41-20-8-22-43-33(37)6-2)35(39)45-29-16-11-26(12-17-29)25-9-14-28(15-10-25)44-34(38)24(3)4/h5-6,9-18,23H,1-3,7-8,19-22H2,4H3. The Morgan fingerprint density at radius 3 is 1.62 bits per heavy atom. The first-order valence-electron chi connectivity index (χ1n) is 14.0. The molecule has 10 nitrogen and oxygen atoms in total. The monoisotopic (exact) mass is 614 g/mol. The lowest BCUT2D eigenvalue weighted by atomic mass is 10.1. The molecule has 0 saturated heterocycles. The van der Waals surface area contributed by atoms with E-state index in [-0.39, 0.29) is 37.7 Å². The van der Waals surface area contributed by atoms with E-state index in [0.29, 0.717) is 35.7 Å². The van der Waals surface area contributed by atoms with E-state index in [1.54, 1.807) is 55.5 Å². The van der Waals surface area contributed by atoms with Crippen molar-refractivity contribution in [3.8, 4) is 34.1 Å². The zero-order valence-corrected chi connectivity index (χ0v) is 25.0. The predicted octanol–water partition coefficient (Wildman–Crippen LogP) is 6.05. The number of rotatable bonds is 17. The average molecular weight is 615 g/mol. The van der Waals surface area contributed by atoms with Gasteiger partial charge in [0.15, 0.2) is 11.5 Å². The minimum Gasteiger partial charge on any atom is -0.490 e. The summed E-state index contributed by atoms with van der Waals surface area (Å²) in [5, 5.41) is 0. The van der Waals surface area contributed by atoms with Crippen LogP contribution in [0.1, 0.15) is 30.1 Å². The summed E-state index contributed by atoms with van der Waals surface area (Å²) >= 11 is 0. The number of hydrogen-bond acceptors (Lipinski definition) is 10. The molecule has 0 aliphatic carbocycles. The second-order valence-corrected chi connectivity index (χ2v) is 9.42. The second kappa shape index (κ2) is 17.5. The molecule has 0 spiro atoms. The largest absolute Gasteiger partial charge is 0.490 e. The Morgan fingerprint density at radius 1 is 0.644 bits per heavy atom. The molecule has 0 bridgehead atoms. The van der Waals surface area contributed by atoms with Crippen LogP contribution in [0, 0.1) is 0 Å². The third-order valence-corrected chi connectivity index (χ3v) is 5.91. The molecule has 0 aliphatic rings. The van der Waals surface area contributed by atoms with Crippen molar-refractivity contribution >= 4 is 23.9 Å². The van der Waals surface area contributed by atoms with Crippen molar-refractivity contribution in [3.05, 3.63) is 110 Å². The maximum atomic E-state index is 13.0. The highest BCUT2D eigenvalue weighted by Gasteiger charge is 2.15. The van der Waals surface area contributed by atoms with E-state index in [1.165, 1.54) is 6.07 Å². The normalized spacial score (nSPS) is 10.2. The summed E-state index contributed by atoms with van der Waals surface area (Å²) in [6.07, 6.45) is 2.96. The van der Waals surface area contributed by atoms with Gasteiger partial charge in [-0.3, -0.25) is 0 Å². The zero-order chi connectivity index (χ0) is 32.6. The van der Waals surface area contributed by atoms with Gasteiger partial charge in [0.25, 0.3) is 0 Å². The Hall–Kier alpha value is -5.64. The Morgan fingerprint density at radius 2 is 1.13 bits per heavy atom. The van der Waals surface area contributed by atoms with Gasteiger partial charge in [-0.1, -0.05) is 44.0 Å². The number of ether oxygens (including phenoxy) is 6. The van der Waals surface area contributed by atoms with Crippen molar-refractivity contribution in [3.63, 3.8) is 0 Å². The summed E-state index contributed by atoms with van der Waals surface area (Å²) in [4.78, 5) is 47.2.